The summed E-state index contributed by atoms with van der Waals surface area (Å²) in [5.41, 5.74) is -1.28. The highest BCUT2D eigenvalue weighted by molar-refractivity contribution is 6.30. The Labute approximate surface area is 128 Å². The molecule has 0 fully saturated rings. The number of halogens is 2. The van der Waals surface area contributed by atoms with Gasteiger partial charge < -0.3 is 9.88 Å². The second-order valence-corrected chi connectivity index (χ2v) is 4.77. The number of nitro benzene ring substituents is 1. The van der Waals surface area contributed by atoms with Gasteiger partial charge in [-0.1, -0.05) is 11.6 Å². The van der Waals surface area contributed by atoms with Crippen molar-refractivity contribution in [2.75, 3.05) is 5.32 Å². The van der Waals surface area contributed by atoms with Gasteiger partial charge in [-0.05, 0) is 18.2 Å². The lowest BCUT2D eigenvalue weighted by Crippen LogP contribution is -2.20. The average Bonchev–Trinajstić information content (AvgIpc) is 2.44. The topological polar surface area (TPSA) is 94.2 Å². The molecule has 1 amide bonds. The lowest BCUT2D eigenvalue weighted by molar-refractivity contribution is -0.385. The van der Waals surface area contributed by atoms with Crippen LogP contribution < -0.4 is 10.9 Å². The number of amides is 1. The molecule has 1 aromatic heterocycles. The maximum Gasteiger partial charge on any atom is 0.282 e. The number of carbonyl (C=O) groups is 1. The molecule has 0 bridgehead atoms. The third-order valence-electron chi connectivity index (χ3n) is 2.80. The van der Waals surface area contributed by atoms with Crippen molar-refractivity contribution in [1.82, 2.24) is 4.57 Å². The summed E-state index contributed by atoms with van der Waals surface area (Å²) in [5.74, 6) is -1.67. The Hall–Kier alpha value is -2.74. The number of nitro groups is 1. The van der Waals surface area contributed by atoms with Crippen LogP contribution >= 0.6 is 11.6 Å². The quantitative estimate of drug-likeness (QED) is 0.692. The predicted molar refractivity (Wildman–Crippen MR) is 77.7 cm³/mol. The number of rotatable bonds is 3. The van der Waals surface area contributed by atoms with Crippen molar-refractivity contribution in [3.05, 3.63) is 67.3 Å². The van der Waals surface area contributed by atoms with Gasteiger partial charge in [-0.3, -0.25) is 19.7 Å². The van der Waals surface area contributed by atoms with E-state index in [-0.39, 0.29) is 10.7 Å². The standard InChI is InChI=1S/C13H9ClFN3O4/c1-17-6-8(5-10(14)13(17)20)16-12(19)9-4-7(15)2-3-11(9)18(21)22/h2-6H,1H3,(H,16,19). The van der Waals surface area contributed by atoms with E-state index in [2.05, 4.69) is 5.32 Å². The van der Waals surface area contributed by atoms with Crippen molar-refractivity contribution in [2.24, 2.45) is 7.05 Å². The highest BCUT2D eigenvalue weighted by atomic mass is 35.5. The number of pyridine rings is 1. The fourth-order valence-electron chi connectivity index (χ4n) is 1.79. The first-order valence-corrected chi connectivity index (χ1v) is 6.29. The zero-order chi connectivity index (χ0) is 16.4. The molecule has 2 aromatic rings. The molecular weight excluding hydrogens is 317 g/mol. The van der Waals surface area contributed by atoms with E-state index in [9.17, 15) is 24.1 Å². The Bertz CT molecular complexity index is 808. The van der Waals surface area contributed by atoms with Gasteiger partial charge in [0.1, 0.15) is 16.4 Å². The normalized spacial score (nSPS) is 10.3. The molecule has 2 rings (SSSR count). The van der Waals surface area contributed by atoms with E-state index in [1.165, 1.54) is 19.3 Å². The van der Waals surface area contributed by atoms with Crippen LogP contribution in [-0.4, -0.2) is 15.4 Å². The summed E-state index contributed by atoms with van der Waals surface area (Å²) in [5, 5.41) is 13.1. The molecule has 0 saturated heterocycles. The molecule has 0 unspecified atom stereocenters. The van der Waals surface area contributed by atoms with E-state index in [1.54, 1.807) is 0 Å². The van der Waals surface area contributed by atoms with Crippen LogP contribution in [0.2, 0.25) is 5.02 Å². The van der Waals surface area contributed by atoms with Crippen molar-refractivity contribution >= 4 is 28.9 Å². The van der Waals surface area contributed by atoms with Crippen LogP contribution in [0.5, 0.6) is 0 Å². The molecule has 0 aliphatic heterocycles. The highest BCUT2D eigenvalue weighted by Gasteiger charge is 2.21. The Balaban J connectivity index is 2.40. The first-order chi connectivity index (χ1) is 10.3. The number of hydrogen-bond donors (Lipinski definition) is 1. The van der Waals surface area contributed by atoms with E-state index in [1.807, 2.05) is 0 Å². The largest absolute Gasteiger partial charge is 0.320 e. The van der Waals surface area contributed by atoms with Crippen molar-refractivity contribution in [3.63, 3.8) is 0 Å². The molecule has 0 atom stereocenters. The average molecular weight is 326 g/mol. The van der Waals surface area contributed by atoms with Crippen molar-refractivity contribution < 1.29 is 14.1 Å². The van der Waals surface area contributed by atoms with Crippen LogP contribution in [0, 0.1) is 15.9 Å². The Morgan fingerprint density at radius 3 is 2.68 bits per heavy atom. The van der Waals surface area contributed by atoms with Crippen LogP contribution in [-0.2, 0) is 7.05 Å². The summed E-state index contributed by atoms with van der Waals surface area (Å²) in [6.45, 7) is 0. The van der Waals surface area contributed by atoms with E-state index >= 15 is 0 Å². The third kappa shape index (κ3) is 3.12. The SMILES string of the molecule is Cn1cc(NC(=O)c2cc(F)ccc2[N+](=O)[O-])cc(Cl)c1=O. The number of benzene rings is 1. The lowest BCUT2D eigenvalue weighted by atomic mass is 10.1. The molecule has 0 radical (unpaired) electrons. The molecule has 1 heterocycles. The minimum Gasteiger partial charge on any atom is -0.320 e. The second-order valence-electron chi connectivity index (χ2n) is 4.37. The van der Waals surface area contributed by atoms with Gasteiger partial charge in [0.25, 0.3) is 17.2 Å². The summed E-state index contributed by atoms with van der Waals surface area (Å²) < 4.78 is 14.4. The second kappa shape index (κ2) is 5.94. The fraction of sp³-hybridized carbons (Fsp3) is 0.0769. The van der Waals surface area contributed by atoms with Gasteiger partial charge in [0.2, 0.25) is 0 Å². The molecule has 9 heteroatoms. The van der Waals surface area contributed by atoms with Crippen LogP contribution in [0.25, 0.3) is 0 Å². The van der Waals surface area contributed by atoms with Gasteiger partial charge in [0, 0.05) is 19.3 Å². The molecule has 0 aliphatic rings. The minimum absolute atomic E-state index is 0.131. The maximum absolute atomic E-state index is 13.2. The van der Waals surface area contributed by atoms with Crippen LogP contribution in [0.3, 0.4) is 0 Å². The molecule has 22 heavy (non-hydrogen) atoms. The molecule has 1 N–H and O–H groups in total. The van der Waals surface area contributed by atoms with E-state index in [0.29, 0.717) is 0 Å². The van der Waals surface area contributed by atoms with Gasteiger partial charge in [0.15, 0.2) is 0 Å². The Kier molecular flexibility index (Phi) is 4.22. The van der Waals surface area contributed by atoms with Crippen LogP contribution in [0.1, 0.15) is 10.4 Å². The molecular formula is C13H9ClFN3O4. The van der Waals surface area contributed by atoms with E-state index in [4.69, 9.17) is 11.6 Å². The van der Waals surface area contributed by atoms with Crippen LogP contribution in [0.4, 0.5) is 15.8 Å². The van der Waals surface area contributed by atoms with Gasteiger partial charge >= 0.3 is 0 Å². The summed E-state index contributed by atoms with van der Waals surface area (Å²) in [4.78, 5) is 33.6. The summed E-state index contributed by atoms with van der Waals surface area (Å²) >= 11 is 5.70. The zero-order valence-electron chi connectivity index (χ0n) is 11.2. The fourth-order valence-corrected chi connectivity index (χ4v) is 2.04. The first-order valence-electron chi connectivity index (χ1n) is 5.91. The summed E-state index contributed by atoms with van der Waals surface area (Å²) in [6, 6.07) is 3.75. The number of carbonyl (C=O) groups excluding carboxylic acids is 1. The number of aromatic nitrogens is 1. The van der Waals surface area contributed by atoms with Crippen molar-refractivity contribution in [2.45, 2.75) is 0 Å². The molecule has 0 spiro atoms. The Morgan fingerprint density at radius 2 is 2.09 bits per heavy atom. The molecule has 0 saturated carbocycles. The molecule has 114 valence electrons. The minimum atomic E-state index is -0.888. The number of anilines is 1. The van der Waals surface area contributed by atoms with Crippen LogP contribution in [0.15, 0.2) is 35.3 Å². The molecule has 7 nitrogen and oxygen atoms in total. The number of nitrogens with zero attached hydrogens (tertiary/aromatic N) is 2. The summed E-state index contributed by atoms with van der Waals surface area (Å²) in [6.07, 6.45) is 1.29. The van der Waals surface area contributed by atoms with Gasteiger partial charge in [0.05, 0.1) is 10.6 Å². The monoisotopic (exact) mass is 325 g/mol. The van der Waals surface area contributed by atoms with E-state index < -0.39 is 33.5 Å². The number of aryl methyl sites for hydroxylation is 1. The Morgan fingerprint density at radius 1 is 1.41 bits per heavy atom. The maximum atomic E-state index is 13.2. The van der Waals surface area contributed by atoms with Gasteiger partial charge in [-0.15, -0.1) is 0 Å². The van der Waals surface area contributed by atoms with Crippen molar-refractivity contribution in [1.29, 1.82) is 0 Å². The smallest absolute Gasteiger partial charge is 0.282 e. The first kappa shape index (κ1) is 15.6. The number of hydrogen-bond acceptors (Lipinski definition) is 4. The highest BCUT2D eigenvalue weighted by Crippen LogP contribution is 2.21. The molecule has 0 aliphatic carbocycles. The number of nitrogens with one attached hydrogen (secondary N) is 1. The van der Waals surface area contributed by atoms with Gasteiger partial charge in [-0.25, -0.2) is 4.39 Å². The predicted octanol–water partition coefficient (Wildman–Crippen LogP) is 2.34. The van der Waals surface area contributed by atoms with Crippen molar-refractivity contribution in [3.8, 4) is 0 Å². The molecule has 1 aromatic carbocycles. The lowest BCUT2D eigenvalue weighted by Gasteiger charge is -2.08. The summed E-state index contributed by atoms with van der Waals surface area (Å²) in [7, 11) is 1.43. The third-order valence-corrected chi connectivity index (χ3v) is 3.07. The van der Waals surface area contributed by atoms with E-state index in [0.717, 1.165) is 22.8 Å². The van der Waals surface area contributed by atoms with Gasteiger partial charge in [-0.2, -0.15) is 0 Å². The zero-order valence-corrected chi connectivity index (χ0v) is 11.9.